The van der Waals surface area contributed by atoms with E-state index in [9.17, 15) is 0 Å². The van der Waals surface area contributed by atoms with Gasteiger partial charge in [0.1, 0.15) is 0 Å². The van der Waals surface area contributed by atoms with Gasteiger partial charge >= 0.3 is 0 Å². The Labute approximate surface area is 49.4 Å². The molecule has 0 unspecified atom stereocenters. The van der Waals surface area contributed by atoms with Crippen LogP contribution in [-0.2, 0) is 4.52 Å². The van der Waals surface area contributed by atoms with Crippen LogP contribution in [0.4, 0.5) is 0 Å². The fourth-order valence-electron chi connectivity index (χ4n) is 0.197. The summed E-state index contributed by atoms with van der Waals surface area (Å²) < 4.78 is 4.68. The minimum atomic E-state index is -1.26. The minimum absolute atomic E-state index is 0.342. The van der Waals surface area contributed by atoms with E-state index in [1.807, 2.05) is 6.07 Å². The highest BCUT2D eigenvalue weighted by atomic mass is 31.2. The number of nitrogens with two attached hydrogens (primary N) is 2. The third-order valence-electron chi connectivity index (χ3n) is 0.454. The van der Waals surface area contributed by atoms with Crippen LogP contribution >= 0.6 is 8.45 Å². The molecule has 4 nitrogen and oxygen atoms in total. The van der Waals surface area contributed by atoms with Gasteiger partial charge < -0.3 is 4.52 Å². The molecule has 0 atom stereocenters. The molecule has 0 spiro atoms. The standard InChI is InChI=1S/C3H8N3OP/c4-2-1-3-7-8(5)6/h1,3,5-6H2. The van der Waals surface area contributed by atoms with Crippen LogP contribution in [0.2, 0.25) is 0 Å². The van der Waals surface area contributed by atoms with E-state index in [2.05, 4.69) is 4.52 Å². The summed E-state index contributed by atoms with van der Waals surface area (Å²) in [5.74, 6) is 0. The molecule has 0 fully saturated rings. The molecule has 8 heavy (non-hydrogen) atoms. The lowest BCUT2D eigenvalue weighted by Gasteiger charge is -2.01. The molecule has 0 aromatic rings. The number of rotatable bonds is 3. The monoisotopic (exact) mass is 133 g/mol. The maximum atomic E-state index is 7.97. The van der Waals surface area contributed by atoms with Crippen molar-refractivity contribution in [1.82, 2.24) is 0 Å². The zero-order valence-corrected chi connectivity index (χ0v) is 5.27. The van der Waals surface area contributed by atoms with E-state index in [-0.39, 0.29) is 0 Å². The van der Waals surface area contributed by atoms with Gasteiger partial charge in [-0.05, 0) is 0 Å². The molecule has 0 radical (unpaired) electrons. The molecule has 0 bridgehead atoms. The quantitative estimate of drug-likeness (QED) is 0.421. The Bertz CT molecular complexity index is 89.0. The fraction of sp³-hybridized carbons (Fsp3) is 0.667. The molecule has 5 heteroatoms. The third-order valence-corrected chi connectivity index (χ3v) is 0.935. The van der Waals surface area contributed by atoms with Crippen molar-refractivity contribution in [2.75, 3.05) is 6.61 Å². The van der Waals surface area contributed by atoms with E-state index in [1.165, 1.54) is 0 Å². The lowest BCUT2D eigenvalue weighted by molar-refractivity contribution is 0.363. The summed E-state index contributed by atoms with van der Waals surface area (Å²) in [6.45, 7) is 0.342. The van der Waals surface area contributed by atoms with Crippen molar-refractivity contribution < 1.29 is 4.52 Å². The molecule has 4 N–H and O–H groups in total. The predicted molar refractivity (Wildman–Crippen MR) is 31.5 cm³/mol. The second-order valence-corrected chi connectivity index (χ2v) is 2.08. The Morgan fingerprint density at radius 3 is 2.62 bits per heavy atom. The normalized spacial score (nSPS) is 9.25. The SMILES string of the molecule is N#CCCOP(N)N. The van der Waals surface area contributed by atoms with Crippen LogP contribution in [0, 0.1) is 11.3 Å². The molecule has 0 aliphatic rings. The number of nitriles is 1. The highest BCUT2D eigenvalue weighted by Crippen LogP contribution is 2.13. The molecule has 46 valence electrons. The van der Waals surface area contributed by atoms with Crippen LogP contribution in [0.5, 0.6) is 0 Å². The van der Waals surface area contributed by atoms with Gasteiger partial charge in [0.2, 0.25) is 0 Å². The lowest BCUT2D eigenvalue weighted by Crippen LogP contribution is -2.02. The highest BCUT2D eigenvalue weighted by Gasteiger charge is 1.90. The van der Waals surface area contributed by atoms with Gasteiger partial charge in [-0.1, -0.05) is 0 Å². The van der Waals surface area contributed by atoms with Crippen molar-refractivity contribution in [3.8, 4) is 6.07 Å². The second-order valence-electron chi connectivity index (χ2n) is 1.10. The van der Waals surface area contributed by atoms with E-state index in [0.29, 0.717) is 13.0 Å². The summed E-state index contributed by atoms with van der Waals surface area (Å²) in [5, 5.41) is 7.97. The summed E-state index contributed by atoms with van der Waals surface area (Å²) in [6, 6.07) is 1.90. The molecule has 0 rings (SSSR count). The molecule has 0 saturated heterocycles. The van der Waals surface area contributed by atoms with Crippen LogP contribution in [0.3, 0.4) is 0 Å². The van der Waals surface area contributed by atoms with Crippen LogP contribution < -0.4 is 11.0 Å². The predicted octanol–water partition coefficient (Wildman–Crippen LogP) is 0.0610. The van der Waals surface area contributed by atoms with Gasteiger partial charge in [0.15, 0.2) is 8.45 Å². The van der Waals surface area contributed by atoms with E-state index in [4.69, 9.17) is 16.3 Å². The second kappa shape index (κ2) is 4.95. The minimum Gasteiger partial charge on any atom is -0.331 e. The van der Waals surface area contributed by atoms with Crippen LogP contribution in [-0.4, -0.2) is 6.61 Å². The van der Waals surface area contributed by atoms with Gasteiger partial charge in [-0.15, -0.1) is 0 Å². The van der Waals surface area contributed by atoms with Gasteiger partial charge in [0.05, 0.1) is 19.1 Å². The van der Waals surface area contributed by atoms with Gasteiger partial charge in [0, 0.05) is 0 Å². The van der Waals surface area contributed by atoms with Crippen molar-refractivity contribution in [2.24, 2.45) is 11.0 Å². The van der Waals surface area contributed by atoms with Crippen molar-refractivity contribution in [3.63, 3.8) is 0 Å². The first-order valence-corrected chi connectivity index (χ1v) is 3.46. The molecular weight excluding hydrogens is 125 g/mol. The zero-order chi connectivity index (χ0) is 6.41. The summed E-state index contributed by atoms with van der Waals surface area (Å²) >= 11 is 0. The van der Waals surface area contributed by atoms with E-state index < -0.39 is 8.45 Å². The number of hydrogen-bond donors (Lipinski definition) is 2. The molecule has 0 aromatic carbocycles. The molecule has 0 saturated carbocycles. The number of nitrogens with zero attached hydrogens (tertiary/aromatic N) is 1. The van der Waals surface area contributed by atoms with Crippen molar-refractivity contribution in [3.05, 3.63) is 0 Å². The fourth-order valence-corrected chi connectivity index (χ4v) is 0.499. The Morgan fingerprint density at radius 2 is 2.25 bits per heavy atom. The third kappa shape index (κ3) is 5.80. The summed E-state index contributed by atoms with van der Waals surface area (Å²) in [5.41, 5.74) is 10.1. The Balaban J connectivity index is 2.85. The lowest BCUT2D eigenvalue weighted by atomic mass is 10.5. The van der Waals surface area contributed by atoms with E-state index in [0.717, 1.165) is 0 Å². The zero-order valence-electron chi connectivity index (χ0n) is 4.37. The molecular formula is C3H8N3OP. The Hall–Kier alpha value is -0.200. The summed E-state index contributed by atoms with van der Waals surface area (Å²) in [7, 11) is -1.26. The van der Waals surface area contributed by atoms with Crippen LogP contribution in [0.1, 0.15) is 6.42 Å². The van der Waals surface area contributed by atoms with Gasteiger partial charge in [-0.25, -0.2) is 0 Å². The van der Waals surface area contributed by atoms with Crippen molar-refractivity contribution in [2.45, 2.75) is 6.42 Å². The molecule has 0 heterocycles. The Kier molecular flexibility index (Phi) is 4.82. The maximum Gasteiger partial charge on any atom is 0.176 e. The van der Waals surface area contributed by atoms with E-state index >= 15 is 0 Å². The van der Waals surface area contributed by atoms with Crippen molar-refractivity contribution in [1.29, 1.82) is 5.26 Å². The first-order chi connectivity index (χ1) is 3.77. The van der Waals surface area contributed by atoms with Gasteiger partial charge in [0.25, 0.3) is 0 Å². The highest BCUT2D eigenvalue weighted by molar-refractivity contribution is 7.47. The summed E-state index contributed by atoms with van der Waals surface area (Å²) in [6.07, 6.45) is 0.354. The first-order valence-electron chi connectivity index (χ1n) is 2.06. The van der Waals surface area contributed by atoms with Crippen LogP contribution in [0.25, 0.3) is 0 Å². The molecule has 0 amide bonds. The maximum absolute atomic E-state index is 7.97. The average molecular weight is 133 g/mol. The first kappa shape index (κ1) is 7.80. The topological polar surface area (TPSA) is 85.1 Å². The van der Waals surface area contributed by atoms with Crippen molar-refractivity contribution >= 4 is 8.45 Å². The van der Waals surface area contributed by atoms with E-state index in [1.54, 1.807) is 0 Å². The molecule has 0 aromatic heterocycles. The Morgan fingerprint density at radius 1 is 1.62 bits per heavy atom. The number of hydrogen-bond acceptors (Lipinski definition) is 4. The summed E-state index contributed by atoms with van der Waals surface area (Å²) in [4.78, 5) is 0. The molecule has 0 aliphatic heterocycles. The smallest absolute Gasteiger partial charge is 0.176 e. The largest absolute Gasteiger partial charge is 0.331 e. The molecule has 0 aliphatic carbocycles. The average Bonchev–Trinajstić information content (AvgIpc) is 1.66. The van der Waals surface area contributed by atoms with Crippen LogP contribution in [0.15, 0.2) is 0 Å². The van der Waals surface area contributed by atoms with Gasteiger partial charge in [-0.2, -0.15) is 5.26 Å². The van der Waals surface area contributed by atoms with Gasteiger partial charge in [-0.3, -0.25) is 11.0 Å².